The predicted molar refractivity (Wildman–Crippen MR) is 49.5 cm³/mol. The van der Waals surface area contributed by atoms with Crippen LogP contribution in [0, 0.1) is 5.92 Å². The Kier molecular flexibility index (Phi) is 4.97. The second-order valence-electron chi connectivity index (χ2n) is 3.14. The Morgan fingerprint density at radius 2 is 1.92 bits per heavy atom. The van der Waals surface area contributed by atoms with E-state index in [1.807, 2.05) is 13.8 Å². The number of Topliss-reactive ketones (excluding diaryl/α,β-unsaturated/α-hetero) is 1. The molecule has 12 heavy (non-hydrogen) atoms. The molecule has 0 saturated heterocycles. The molecule has 0 aromatic heterocycles. The van der Waals surface area contributed by atoms with E-state index in [4.69, 9.17) is 5.11 Å². The van der Waals surface area contributed by atoms with Gasteiger partial charge in [-0.1, -0.05) is 13.8 Å². The Morgan fingerprint density at radius 3 is 2.25 bits per heavy atom. The highest BCUT2D eigenvalue weighted by atomic mass is 32.1. The molecule has 70 valence electrons. The van der Waals surface area contributed by atoms with Gasteiger partial charge < -0.3 is 5.11 Å². The summed E-state index contributed by atoms with van der Waals surface area (Å²) in [6, 6.07) is 0. The first-order chi connectivity index (χ1) is 5.45. The predicted octanol–water partition coefficient (Wildman–Crippen LogP) is 1.37. The van der Waals surface area contributed by atoms with Crippen LogP contribution in [0.1, 0.15) is 26.7 Å². The lowest BCUT2D eigenvalue weighted by atomic mass is 10.0. The summed E-state index contributed by atoms with van der Waals surface area (Å²) < 4.78 is 0. The van der Waals surface area contributed by atoms with Gasteiger partial charge in [0.05, 0.1) is 0 Å². The number of hydrogen-bond acceptors (Lipinski definition) is 3. The van der Waals surface area contributed by atoms with Crippen molar-refractivity contribution in [3.8, 4) is 0 Å². The number of carbonyl (C=O) groups is 2. The molecule has 0 saturated carbocycles. The summed E-state index contributed by atoms with van der Waals surface area (Å²) in [5.41, 5.74) is 0. The van der Waals surface area contributed by atoms with Crippen LogP contribution >= 0.6 is 12.6 Å². The minimum atomic E-state index is -1.16. The molecule has 0 aliphatic rings. The van der Waals surface area contributed by atoms with E-state index >= 15 is 0 Å². The maximum atomic E-state index is 11.0. The largest absolute Gasteiger partial charge is 0.480 e. The molecule has 0 aromatic carbocycles. The topological polar surface area (TPSA) is 54.4 Å². The maximum absolute atomic E-state index is 11.0. The molecule has 0 amide bonds. The molecular weight excluding hydrogens is 176 g/mol. The quantitative estimate of drug-likeness (QED) is 0.508. The van der Waals surface area contributed by atoms with Crippen LogP contribution in [0.2, 0.25) is 0 Å². The lowest BCUT2D eigenvalue weighted by molar-refractivity contribution is -0.139. The molecule has 0 heterocycles. The number of carbonyl (C=O) groups excluding carboxylic acids is 1. The highest BCUT2D eigenvalue weighted by Gasteiger charge is 2.20. The van der Waals surface area contributed by atoms with Crippen molar-refractivity contribution in [3.63, 3.8) is 0 Å². The lowest BCUT2D eigenvalue weighted by Gasteiger charge is -2.05. The summed E-state index contributed by atoms with van der Waals surface area (Å²) in [6.45, 7) is 3.98. The van der Waals surface area contributed by atoms with E-state index in [1.54, 1.807) is 0 Å². The van der Waals surface area contributed by atoms with Crippen molar-refractivity contribution in [3.05, 3.63) is 0 Å². The monoisotopic (exact) mass is 190 g/mol. The van der Waals surface area contributed by atoms with E-state index in [0.29, 0.717) is 12.3 Å². The molecule has 1 atom stereocenters. The number of carboxylic acid groups (broad SMARTS) is 1. The Labute approximate surface area is 77.6 Å². The van der Waals surface area contributed by atoms with Gasteiger partial charge in [0.15, 0.2) is 11.0 Å². The number of carboxylic acids is 1. The molecule has 1 N–H and O–H groups in total. The Morgan fingerprint density at radius 1 is 1.42 bits per heavy atom. The summed E-state index contributed by atoms with van der Waals surface area (Å²) >= 11 is 3.67. The fourth-order valence-corrected chi connectivity index (χ4v) is 0.834. The highest BCUT2D eigenvalue weighted by molar-refractivity contribution is 7.82. The molecule has 0 fully saturated rings. The van der Waals surface area contributed by atoms with Crippen molar-refractivity contribution in [2.45, 2.75) is 31.9 Å². The van der Waals surface area contributed by atoms with Crippen LogP contribution in [-0.2, 0) is 9.59 Å². The molecule has 3 nitrogen and oxygen atoms in total. The molecule has 0 aliphatic carbocycles. The van der Waals surface area contributed by atoms with E-state index in [2.05, 4.69) is 12.6 Å². The molecule has 0 aromatic rings. The van der Waals surface area contributed by atoms with Crippen LogP contribution in [-0.4, -0.2) is 22.1 Å². The van der Waals surface area contributed by atoms with Gasteiger partial charge in [0, 0.05) is 6.42 Å². The summed E-state index contributed by atoms with van der Waals surface area (Å²) in [7, 11) is 0. The standard InChI is InChI=1S/C8H14O3S/c1-5(2)3-4-6(9)7(12)8(10)11/h5,7,12H,3-4H2,1-2H3,(H,10,11). The van der Waals surface area contributed by atoms with Gasteiger partial charge in [-0.15, -0.1) is 0 Å². The fraction of sp³-hybridized carbons (Fsp3) is 0.750. The third-order valence-electron chi connectivity index (χ3n) is 1.51. The Balaban J connectivity index is 3.80. The second kappa shape index (κ2) is 5.19. The zero-order valence-corrected chi connectivity index (χ0v) is 8.17. The van der Waals surface area contributed by atoms with Gasteiger partial charge in [0.1, 0.15) is 0 Å². The Bertz CT molecular complexity index is 177. The average Bonchev–Trinajstić information content (AvgIpc) is 1.98. The summed E-state index contributed by atoms with van der Waals surface area (Å²) in [5.74, 6) is -1.05. The first-order valence-corrected chi connectivity index (χ1v) is 4.40. The second-order valence-corrected chi connectivity index (χ2v) is 3.66. The van der Waals surface area contributed by atoms with Crippen molar-refractivity contribution in [1.82, 2.24) is 0 Å². The van der Waals surface area contributed by atoms with Crippen LogP contribution < -0.4 is 0 Å². The number of ketones is 1. The molecule has 0 spiro atoms. The number of thiol groups is 1. The molecule has 4 heteroatoms. The highest BCUT2D eigenvalue weighted by Crippen LogP contribution is 2.08. The van der Waals surface area contributed by atoms with Crippen molar-refractivity contribution in [1.29, 1.82) is 0 Å². The normalized spacial score (nSPS) is 13.0. The van der Waals surface area contributed by atoms with Gasteiger partial charge in [-0.2, -0.15) is 12.6 Å². The first kappa shape index (κ1) is 11.5. The molecular formula is C8H14O3S. The lowest BCUT2D eigenvalue weighted by Crippen LogP contribution is -2.24. The van der Waals surface area contributed by atoms with Crippen LogP contribution in [0.25, 0.3) is 0 Å². The third kappa shape index (κ3) is 4.38. The Hall–Kier alpha value is -0.510. The van der Waals surface area contributed by atoms with Gasteiger partial charge in [-0.05, 0) is 12.3 Å². The number of hydrogen-bond donors (Lipinski definition) is 2. The maximum Gasteiger partial charge on any atom is 0.324 e. The van der Waals surface area contributed by atoms with Crippen LogP contribution in [0.5, 0.6) is 0 Å². The summed E-state index contributed by atoms with van der Waals surface area (Å²) in [4.78, 5) is 21.3. The zero-order valence-electron chi connectivity index (χ0n) is 7.28. The first-order valence-electron chi connectivity index (χ1n) is 3.88. The van der Waals surface area contributed by atoms with Gasteiger partial charge in [0.25, 0.3) is 0 Å². The van der Waals surface area contributed by atoms with Crippen molar-refractivity contribution in [2.24, 2.45) is 5.92 Å². The molecule has 0 radical (unpaired) electrons. The van der Waals surface area contributed by atoms with Gasteiger partial charge in [-0.25, -0.2) is 0 Å². The van der Waals surface area contributed by atoms with Crippen molar-refractivity contribution < 1.29 is 14.7 Å². The smallest absolute Gasteiger partial charge is 0.324 e. The average molecular weight is 190 g/mol. The van der Waals surface area contributed by atoms with Crippen molar-refractivity contribution in [2.75, 3.05) is 0 Å². The van der Waals surface area contributed by atoms with E-state index < -0.39 is 11.2 Å². The summed E-state index contributed by atoms with van der Waals surface area (Å²) in [5, 5.41) is 7.27. The number of aliphatic carboxylic acids is 1. The van der Waals surface area contributed by atoms with Crippen LogP contribution in [0.3, 0.4) is 0 Å². The number of rotatable bonds is 5. The van der Waals surface area contributed by atoms with Crippen LogP contribution in [0.4, 0.5) is 0 Å². The molecule has 0 rings (SSSR count). The zero-order chi connectivity index (χ0) is 9.72. The molecule has 0 aliphatic heterocycles. The summed E-state index contributed by atoms with van der Waals surface area (Å²) in [6.07, 6.45) is 1.03. The van der Waals surface area contributed by atoms with E-state index in [0.717, 1.165) is 6.42 Å². The van der Waals surface area contributed by atoms with E-state index in [-0.39, 0.29) is 5.78 Å². The minimum absolute atomic E-state index is 0.304. The van der Waals surface area contributed by atoms with E-state index in [9.17, 15) is 9.59 Å². The van der Waals surface area contributed by atoms with Crippen molar-refractivity contribution >= 4 is 24.4 Å². The third-order valence-corrected chi connectivity index (χ3v) is 2.02. The SMILES string of the molecule is CC(C)CCC(=O)C(S)C(=O)O. The van der Waals surface area contributed by atoms with Gasteiger partial charge in [0.2, 0.25) is 0 Å². The fourth-order valence-electron chi connectivity index (χ4n) is 0.705. The minimum Gasteiger partial charge on any atom is -0.480 e. The molecule has 0 bridgehead atoms. The van der Waals surface area contributed by atoms with Gasteiger partial charge >= 0.3 is 5.97 Å². The van der Waals surface area contributed by atoms with E-state index in [1.165, 1.54) is 0 Å². The van der Waals surface area contributed by atoms with Crippen LogP contribution in [0.15, 0.2) is 0 Å². The van der Waals surface area contributed by atoms with Gasteiger partial charge in [-0.3, -0.25) is 9.59 Å². The molecule has 1 unspecified atom stereocenters.